The first kappa shape index (κ1) is 26.4. The Bertz CT molecular complexity index is 2460. The summed E-state index contributed by atoms with van der Waals surface area (Å²) >= 11 is 0. The lowest BCUT2D eigenvalue weighted by Gasteiger charge is -2.40. The van der Waals surface area contributed by atoms with Crippen LogP contribution in [0.15, 0.2) is 146 Å². The van der Waals surface area contributed by atoms with Gasteiger partial charge in [0, 0.05) is 33.7 Å². The third kappa shape index (κ3) is 3.68. The smallest absolute Gasteiger partial charge is 0.139 e. The second-order valence-corrected chi connectivity index (χ2v) is 13.0. The van der Waals surface area contributed by atoms with Crippen LogP contribution in [0.1, 0.15) is 46.9 Å². The van der Waals surface area contributed by atoms with Crippen molar-refractivity contribution in [3.8, 4) is 22.6 Å². The van der Waals surface area contributed by atoms with E-state index in [1.165, 1.54) is 39.0 Å². The topological polar surface area (TPSA) is 35.0 Å². The van der Waals surface area contributed by atoms with Gasteiger partial charge in [0.1, 0.15) is 11.5 Å². The molecular formula is C44H30N2O. The van der Waals surface area contributed by atoms with Crippen molar-refractivity contribution in [2.45, 2.75) is 18.8 Å². The highest BCUT2D eigenvalue weighted by atomic mass is 16.5. The van der Waals surface area contributed by atoms with Crippen LogP contribution in [0.2, 0.25) is 0 Å². The van der Waals surface area contributed by atoms with Gasteiger partial charge < -0.3 is 4.74 Å². The summed E-state index contributed by atoms with van der Waals surface area (Å²) in [7, 11) is 0. The average molecular weight is 603 g/mol. The number of aromatic nitrogens is 2. The van der Waals surface area contributed by atoms with Crippen LogP contribution in [0.25, 0.3) is 44.1 Å². The van der Waals surface area contributed by atoms with Crippen LogP contribution in [-0.4, -0.2) is 9.97 Å². The van der Waals surface area contributed by atoms with Gasteiger partial charge in [0.05, 0.1) is 22.1 Å². The molecule has 0 bridgehead atoms. The monoisotopic (exact) mass is 602 g/mol. The van der Waals surface area contributed by atoms with Gasteiger partial charge in [-0.25, -0.2) is 4.98 Å². The Morgan fingerprint density at radius 2 is 1.28 bits per heavy atom. The number of ether oxygens (including phenoxy) is 1. The lowest BCUT2D eigenvalue weighted by molar-refractivity contribution is 0.434. The lowest BCUT2D eigenvalue weighted by atomic mass is 9.65. The first-order valence-corrected chi connectivity index (χ1v) is 16.4. The standard InChI is InChI=1S/C44H30N2O/c1-27-24-30(26-31(25-27)39-22-21-29-20-19-28-10-9-23-45-41(28)42(29)46-39)32-13-8-17-38-43(32)47-40-18-7-6-16-37(40)44(38)35-14-4-2-11-33(35)34-12-3-5-15-36(34)44/h2-23,25-27H,24H2,1H3. The summed E-state index contributed by atoms with van der Waals surface area (Å²) in [4.78, 5) is 9.90. The molecule has 0 amide bonds. The third-order valence-electron chi connectivity index (χ3n) is 10.3. The van der Waals surface area contributed by atoms with Crippen LogP contribution < -0.4 is 4.74 Å². The summed E-state index contributed by atoms with van der Waals surface area (Å²) in [6.45, 7) is 2.29. The molecule has 0 N–H and O–H groups in total. The number of hydrogen-bond acceptors (Lipinski definition) is 3. The van der Waals surface area contributed by atoms with E-state index < -0.39 is 5.41 Å². The number of nitrogens with zero attached hydrogens (tertiary/aromatic N) is 2. The van der Waals surface area contributed by atoms with Crippen molar-refractivity contribution < 1.29 is 4.74 Å². The Morgan fingerprint density at radius 3 is 2.09 bits per heavy atom. The van der Waals surface area contributed by atoms with Crippen LogP contribution in [0.4, 0.5) is 0 Å². The maximum atomic E-state index is 6.98. The van der Waals surface area contributed by atoms with Gasteiger partial charge in [-0.3, -0.25) is 4.98 Å². The van der Waals surface area contributed by atoms with Crippen LogP contribution in [0.5, 0.6) is 11.5 Å². The Kier molecular flexibility index (Phi) is 5.54. The second kappa shape index (κ2) is 9.85. The largest absolute Gasteiger partial charge is 0.456 e. The molecule has 2 aliphatic carbocycles. The predicted octanol–water partition coefficient (Wildman–Crippen LogP) is 10.8. The fourth-order valence-corrected chi connectivity index (χ4v) is 8.37. The minimum Gasteiger partial charge on any atom is -0.456 e. The first-order chi connectivity index (χ1) is 23.2. The Labute approximate surface area is 273 Å². The average Bonchev–Trinajstić information content (AvgIpc) is 3.42. The van der Waals surface area contributed by atoms with E-state index in [1.54, 1.807) is 0 Å². The van der Waals surface area contributed by atoms with Crippen LogP contribution in [0, 0.1) is 5.92 Å². The molecule has 3 aliphatic rings. The van der Waals surface area contributed by atoms with E-state index in [0.29, 0.717) is 5.92 Å². The number of fused-ring (bicyclic) bond motifs is 12. The third-order valence-corrected chi connectivity index (χ3v) is 10.3. The number of pyridine rings is 2. The van der Waals surface area contributed by atoms with Crippen LogP contribution in [-0.2, 0) is 5.41 Å². The van der Waals surface area contributed by atoms with E-state index in [4.69, 9.17) is 14.7 Å². The quantitative estimate of drug-likeness (QED) is 0.185. The first-order valence-electron chi connectivity index (χ1n) is 16.4. The molecular weight excluding hydrogens is 572 g/mol. The number of hydrogen-bond donors (Lipinski definition) is 0. The molecule has 1 atom stereocenters. The van der Waals surface area contributed by atoms with Gasteiger partial charge in [0.15, 0.2) is 0 Å². The number of benzene rings is 5. The number of rotatable bonds is 2. The molecule has 10 rings (SSSR count). The maximum absolute atomic E-state index is 6.98. The molecule has 222 valence electrons. The number of para-hydroxylation sites is 2. The van der Waals surface area contributed by atoms with E-state index in [-0.39, 0.29) is 0 Å². The molecule has 0 fully saturated rings. The molecule has 3 nitrogen and oxygen atoms in total. The molecule has 3 heteroatoms. The Balaban J connectivity index is 1.18. The van der Waals surface area contributed by atoms with Crippen molar-refractivity contribution in [3.63, 3.8) is 0 Å². The molecule has 0 saturated carbocycles. The van der Waals surface area contributed by atoms with Gasteiger partial charge in [-0.15, -0.1) is 0 Å². The van der Waals surface area contributed by atoms with E-state index in [2.05, 4.69) is 140 Å². The fraction of sp³-hybridized carbons (Fsp3) is 0.0909. The summed E-state index contributed by atoms with van der Waals surface area (Å²) in [5, 5.41) is 2.20. The molecule has 3 heterocycles. The Morgan fingerprint density at radius 1 is 0.617 bits per heavy atom. The molecule has 7 aromatic rings. The van der Waals surface area contributed by atoms with Crippen molar-refractivity contribution in [2.75, 3.05) is 0 Å². The summed E-state index contributed by atoms with van der Waals surface area (Å²) < 4.78 is 6.98. The minimum absolute atomic E-state index is 0.335. The van der Waals surface area contributed by atoms with Gasteiger partial charge in [0.2, 0.25) is 0 Å². The molecule has 1 unspecified atom stereocenters. The predicted molar refractivity (Wildman–Crippen MR) is 191 cm³/mol. The zero-order valence-electron chi connectivity index (χ0n) is 25.9. The highest BCUT2D eigenvalue weighted by Crippen LogP contribution is 2.63. The maximum Gasteiger partial charge on any atom is 0.139 e. The molecule has 1 aliphatic heterocycles. The SMILES string of the molecule is CC1C=C(c2ccc3ccc4cccnc4c3n2)C=C(c2cccc3c2Oc2ccccc2C32c3ccccc3-c3ccccc32)C1. The second-order valence-electron chi connectivity index (χ2n) is 13.0. The van der Waals surface area contributed by atoms with E-state index in [0.717, 1.165) is 56.6 Å². The zero-order chi connectivity index (χ0) is 31.1. The van der Waals surface area contributed by atoms with Gasteiger partial charge in [0.25, 0.3) is 0 Å². The van der Waals surface area contributed by atoms with Crippen molar-refractivity contribution in [1.29, 1.82) is 0 Å². The lowest BCUT2D eigenvalue weighted by Crippen LogP contribution is -2.32. The summed E-state index contributed by atoms with van der Waals surface area (Å²) in [6, 6.07) is 45.8. The van der Waals surface area contributed by atoms with Gasteiger partial charge in [-0.05, 0) is 70.0 Å². The normalized spacial score (nSPS) is 16.9. The van der Waals surface area contributed by atoms with Gasteiger partial charge >= 0.3 is 0 Å². The van der Waals surface area contributed by atoms with Crippen LogP contribution >= 0.6 is 0 Å². The molecule has 47 heavy (non-hydrogen) atoms. The molecule has 0 saturated heterocycles. The summed E-state index contributed by atoms with van der Waals surface area (Å²) in [6.07, 6.45) is 7.45. The number of allylic oxidation sites excluding steroid dienone is 4. The highest BCUT2D eigenvalue weighted by Gasteiger charge is 2.51. The van der Waals surface area contributed by atoms with E-state index >= 15 is 0 Å². The highest BCUT2D eigenvalue weighted by molar-refractivity contribution is 6.03. The Hall–Kier alpha value is -5.80. The van der Waals surface area contributed by atoms with Crippen LogP contribution in [0.3, 0.4) is 0 Å². The van der Waals surface area contributed by atoms with Crippen molar-refractivity contribution in [2.24, 2.45) is 5.92 Å². The van der Waals surface area contributed by atoms with Crippen molar-refractivity contribution in [1.82, 2.24) is 9.97 Å². The van der Waals surface area contributed by atoms with Gasteiger partial charge in [-0.2, -0.15) is 0 Å². The fourth-order valence-electron chi connectivity index (χ4n) is 8.37. The minimum atomic E-state index is -0.471. The van der Waals surface area contributed by atoms with E-state index in [1.807, 2.05) is 12.3 Å². The molecule has 2 aromatic heterocycles. The van der Waals surface area contributed by atoms with Crippen molar-refractivity contribution >= 4 is 33.0 Å². The zero-order valence-corrected chi connectivity index (χ0v) is 25.9. The summed E-state index contributed by atoms with van der Waals surface area (Å²) in [5.41, 5.74) is 13.5. The molecule has 1 spiro atoms. The molecule has 0 radical (unpaired) electrons. The van der Waals surface area contributed by atoms with Gasteiger partial charge in [-0.1, -0.05) is 122 Å². The van der Waals surface area contributed by atoms with E-state index in [9.17, 15) is 0 Å². The molecule has 5 aromatic carbocycles. The van der Waals surface area contributed by atoms with Crippen molar-refractivity contribution in [3.05, 3.63) is 179 Å². The summed E-state index contributed by atoms with van der Waals surface area (Å²) in [5.74, 6) is 2.19.